The summed E-state index contributed by atoms with van der Waals surface area (Å²) in [6, 6.07) is 6.45. The van der Waals surface area contributed by atoms with Crippen molar-refractivity contribution in [1.82, 2.24) is 15.3 Å². The molecule has 1 fully saturated rings. The number of rotatable bonds is 13. The van der Waals surface area contributed by atoms with Crippen LogP contribution in [0.1, 0.15) is 69.1 Å². The normalized spacial score (nSPS) is 21.2. The third-order valence-corrected chi connectivity index (χ3v) is 10.2. The van der Waals surface area contributed by atoms with Crippen molar-refractivity contribution in [2.45, 2.75) is 57.7 Å². The number of nitrogens with two attached hydrogens (primary N) is 1. The molecular weight excluding hydrogens is 642 g/mol. The van der Waals surface area contributed by atoms with Crippen LogP contribution in [0.3, 0.4) is 0 Å². The summed E-state index contributed by atoms with van der Waals surface area (Å²) in [7, 11) is -4.09. The first kappa shape index (κ1) is 33.4. The SMILES string of the molecule is Cc1sc(C(=O)c2cncnc2NCC(C)[C@H](NC2CCCC2COS(N)(=O)=O)C(=O)O)cc1[C@@H]1OCCc2ccc(Cl)cc21. The number of nitrogens with one attached hydrogen (secondary N) is 2. The Morgan fingerprint density at radius 2 is 2.07 bits per heavy atom. The summed E-state index contributed by atoms with van der Waals surface area (Å²) < 4.78 is 33.4. The average Bonchev–Trinajstić information content (AvgIpc) is 3.62. The molecule has 2 aliphatic rings. The molecule has 1 aliphatic heterocycles. The van der Waals surface area contributed by atoms with Crippen LogP contribution in [0, 0.1) is 18.8 Å². The molecule has 12 nitrogen and oxygen atoms in total. The van der Waals surface area contributed by atoms with Crippen LogP contribution in [-0.4, -0.2) is 67.1 Å². The van der Waals surface area contributed by atoms with Gasteiger partial charge in [0.15, 0.2) is 0 Å². The summed E-state index contributed by atoms with van der Waals surface area (Å²) in [5.74, 6) is -1.64. The Labute approximate surface area is 271 Å². The van der Waals surface area contributed by atoms with Crippen LogP contribution in [0.4, 0.5) is 5.82 Å². The number of carboxylic acids is 1. The van der Waals surface area contributed by atoms with Crippen molar-refractivity contribution in [3.8, 4) is 0 Å². The number of carbonyl (C=O) groups excluding carboxylic acids is 1. The first-order valence-electron chi connectivity index (χ1n) is 14.7. The molecule has 2 aromatic heterocycles. The third kappa shape index (κ3) is 8.06. The van der Waals surface area contributed by atoms with E-state index in [4.69, 9.17) is 25.7 Å². The maximum Gasteiger partial charge on any atom is 0.333 e. The highest BCUT2D eigenvalue weighted by molar-refractivity contribution is 7.84. The highest BCUT2D eigenvalue weighted by Crippen LogP contribution is 2.39. The van der Waals surface area contributed by atoms with Crippen LogP contribution in [0.15, 0.2) is 36.8 Å². The van der Waals surface area contributed by atoms with Gasteiger partial charge in [0.2, 0.25) is 5.78 Å². The minimum atomic E-state index is -4.09. The lowest BCUT2D eigenvalue weighted by Gasteiger charge is -2.28. The standard InChI is InChI=1S/C30H36ClN5O7S2/c1-16(26(30(38)39)36-24-5-3-4-19(24)14-43-45(32,40)41)12-34-29-23(13-33-15-35-29)27(37)25-11-21(17(2)44-25)28-22-10-20(31)7-6-18(22)8-9-42-28/h6-7,10-11,13,15-16,19,24,26,28,36H,3-5,8-9,12,14H2,1-2H3,(H,38,39)(H2,32,40,41)(H,33,34,35)/t16?,19?,24?,26-,28-/m0/s1. The fourth-order valence-corrected chi connectivity index (χ4v) is 7.58. The Balaban J connectivity index is 1.28. The van der Waals surface area contributed by atoms with Crippen molar-refractivity contribution < 1.29 is 32.0 Å². The number of ketones is 1. The molecule has 45 heavy (non-hydrogen) atoms. The number of aromatic nitrogens is 2. The number of carbonyl (C=O) groups is 2. The monoisotopic (exact) mass is 677 g/mol. The maximum atomic E-state index is 13.8. The lowest BCUT2D eigenvalue weighted by Crippen LogP contribution is -2.50. The Morgan fingerprint density at radius 1 is 1.27 bits per heavy atom. The number of halogens is 1. The molecule has 1 saturated carbocycles. The predicted octanol–water partition coefficient (Wildman–Crippen LogP) is 3.87. The van der Waals surface area contributed by atoms with Gasteiger partial charge in [0, 0.05) is 28.7 Å². The molecule has 1 aliphatic carbocycles. The van der Waals surface area contributed by atoms with E-state index in [-0.39, 0.29) is 42.6 Å². The lowest BCUT2D eigenvalue weighted by molar-refractivity contribution is -0.141. The molecule has 15 heteroatoms. The molecule has 3 unspecified atom stereocenters. The number of fused-ring (bicyclic) bond motifs is 1. The van der Waals surface area contributed by atoms with Gasteiger partial charge in [-0.15, -0.1) is 11.3 Å². The van der Waals surface area contributed by atoms with Gasteiger partial charge in [-0.2, -0.15) is 8.42 Å². The molecular formula is C30H36ClN5O7S2. The lowest BCUT2D eigenvalue weighted by atomic mass is 9.93. The smallest absolute Gasteiger partial charge is 0.333 e. The van der Waals surface area contributed by atoms with E-state index in [2.05, 4.69) is 20.6 Å². The number of carboxylic acid groups (broad SMARTS) is 1. The van der Waals surface area contributed by atoms with Crippen molar-refractivity contribution in [3.63, 3.8) is 0 Å². The van der Waals surface area contributed by atoms with Crippen molar-refractivity contribution in [2.24, 2.45) is 17.0 Å². The molecule has 5 N–H and O–H groups in total. The number of aliphatic carboxylic acids is 1. The van der Waals surface area contributed by atoms with Gasteiger partial charge in [0.25, 0.3) is 0 Å². The summed E-state index contributed by atoms with van der Waals surface area (Å²) in [6.45, 7) is 4.37. The summed E-state index contributed by atoms with van der Waals surface area (Å²) in [6.07, 6.45) is 5.41. The van der Waals surface area contributed by atoms with E-state index in [9.17, 15) is 23.1 Å². The fraction of sp³-hybridized carbons (Fsp3) is 0.467. The van der Waals surface area contributed by atoms with Crippen LogP contribution in [-0.2, 0) is 30.4 Å². The van der Waals surface area contributed by atoms with Crippen LogP contribution >= 0.6 is 22.9 Å². The average molecular weight is 678 g/mol. The zero-order chi connectivity index (χ0) is 32.3. The highest BCUT2D eigenvalue weighted by atomic mass is 35.5. The number of hydrogen-bond donors (Lipinski definition) is 4. The van der Waals surface area contributed by atoms with Gasteiger partial charge in [-0.25, -0.2) is 15.1 Å². The van der Waals surface area contributed by atoms with E-state index in [0.717, 1.165) is 28.8 Å². The van der Waals surface area contributed by atoms with E-state index in [0.29, 0.717) is 35.2 Å². The Morgan fingerprint density at radius 3 is 2.82 bits per heavy atom. The van der Waals surface area contributed by atoms with Crippen LogP contribution < -0.4 is 15.8 Å². The van der Waals surface area contributed by atoms with Gasteiger partial charge in [-0.3, -0.25) is 13.8 Å². The van der Waals surface area contributed by atoms with Crippen molar-refractivity contribution >= 4 is 50.8 Å². The van der Waals surface area contributed by atoms with E-state index in [1.807, 2.05) is 31.2 Å². The van der Waals surface area contributed by atoms with E-state index >= 15 is 0 Å². The largest absolute Gasteiger partial charge is 0.480 e. The summed E-state index contributed by atoms with van der Waals surface area (Å²) in [5, 5.41) is 21.9. The predicted molar refractivity (Wildman–Crippen MR) is 170 cm³/mol. The number of anilines is 1. The van der Waals surface area contributed by atoms with Gasteiger partial charge in [0.1, 0.15) is 24.3 Å². The molecule has 242 valence electrons. The second-order valence-corrected chi connectivity index (χ2v) is 14.4. The van der Waals surface area contributed by atoms with E-state index in [1.54, 1.807) is 6.92 Å². The molecule has 3 heterocycles. The van der Waals surface area contributed by atoms with E-state index < -0.39 is 28.2 Å². The molecule has 0 amide bonds. The molecule has 0 saturated heterocycles. The second kappa shape index (κ2) is 14.2. The van der Waals surface area contributed by atoms with Gasteiger partial charge in [-0.05, 0) is 72.9 Å². The summed E-state index contributed by atoms with van der Waals surface area (Å²) in [4.78, 5) is 35.8. The molecule has 0 bridgehead atoms. The third-order valence-electron chi connectivity index (χ3n) is 8.39. The van der Waals surface area contributed by atoms with Crippen LogP contribution in [0.2, 0.25) is 5.02 Å². The summed E-state index contributed by atoms with van der Waals surface area (Å²) >= 11 is 7.66. The number of hydrogen-bond acceptors (Lipinski definition) is 11. The zero-order valence-corrected chi connectivity index (χ0v) is 27.3. The van der Waals surface area contributed by atoms with Gasteiger partial charge in [-0.1, -0.05) is 31.0 Å². The fourth-order valence-electron chi connectivity index (χ4n) is 6.03. The van der Waals surface area contributed by atoms with Crippen LogP contribution in [0.25, 0.3) is 0 Å². The summed E-state index contributed by atoms with van der Waals surface area (Å²) in [5.41, 5.74) is 3.33. The number of thiophene rings is 1. The Kier molecular flexibility index (Phi) is 10.5. The van der Waals surface area contributed by atoms with Crippen molar-refractivity contribution in [1.29, 1.82) is 0 Å². The molecule has 5 atom stereocenters. The van der Waals surface area contributed by atoms with Crippen LogP contribution in [0.5, 0.6) is 0 Å². The van der Waals surface area contributed by atoms with Crippen molar-refractivity contribution in [3.05, 3.63) is 73.8 Å². The number of aryl methyl sites for hydroxylation is 1. The molecule has 1 aromatic carbocycles. The molecule has 0 spiro atoms. The quantitative estimate of drug-likeness (QED) is 0.193. The first-order valence-corrected chi connectivity index (χ1v) is 17.3. The molecule has 3 aromatic rings. The minimum absolute atomic E-state index is 0.112. The Bertz CT molecular complexity index is 1670. The first-order chi connectivity index (χ1) is 21.4. The van der Waals surface area contributed by atoms with Gasteiger partial charge in [0.05, 0.1) is 23.7 Å². The second-order valence-electron chi connectivity index (χ2n) is 11.5. The minimum Gasteiger partial charge on any atom is -0.480 e. The Hall–Kier alpha value is -2.98. The zero-order valence-electron chi connectivity index (χ0n) is 24.9. The van der Waals surface area contributed by atoms with Gasteiger partial charge < -0.3 is 20.5 Å². The van der Waals surface area contributed by atoms with E-state index in [1.165, 1.54) is 29.4 Å². The number of benzene rings is 1. The molecule has 0 radical (unpaired) electrons. The highest BCUT2D eigenvalue weighted by Gasteiger charge is 2.35. The van der Waals surface area contributed by atoms with Crippen molar-refractivity contribution in [2.75, 3.05) is 25.1 Å². The topological polar surface area (TPSA) is 183 Å². The maximum absolute atomic E-state index is 13.8. The van der Waals surface area contributed by atoms with Gasteiger partial charge >= 0.3 is 16.3 Å². The number of nitrogens with zero attached hydrogens (tertiary/aromatic N) is 2. The molecule has 5 rings (SSSR count). The number of ether oxygens (including phenoxy) is 1.